The Bertz CT molecular complexity index is 466. The molecule has 0 aliphatic heterocycles. The summed E-state index contributed by atoms with van der Waals surface area (Å²) in [6, 6.07) is 5.74. The van der Waals surface area contributed by atoms with E-state index in [1.54, 1.807) is 18.2 Å². The molecule has 1 aliphatic carbocycles. The summed E-state index contributed by atoms with van der Waals surface area (Å²) >= 11 is 0. The zero-order valence-corrected chi connectivity index (χ0v) is 12.3. The number of phenols is 1. The number of carbonyl (C=O) groups excluding carboxylic acids is 1. The third-order valence-corrected chi connectivity index (χ3v) is 4.01. The molecule has 3 N–H and O–H groups in total. The summed E-state index contributed by atoms with van der Waals surface area (Å²) in [5, 5.41) is 16.0. The molecule has 4 nitrogen and oxygen atoms in total. The molecule has 0 saturated heterocycles. The zero-order chi connectivity index (χ0) is 14.5. The van der Waals surface area contributed by atoms with Crippen LogP contribution in [-0.2, 0) is 0 Å². The number of amides is 1. The van der Waals surface area contributed by atoms with Gasteiger partial charge in [-0.15, -0.1) is 0 Å². The van der Waals surface area contributed by atoms with E-state index in [1.807, 2.05) is 6.92 Å². The van der Waals surface area contributed by atoms with Crippen LogP contribution in [0.1, 0.15) is 48.5 Å². The van der Waals surface area contributed by atoms with Crippen molar-refractivity contribution in [2.45, 2.75) is 51.6 Å². The van der Waals surface area contributed by atoms with Gasteiger partial charge in [-0.25, -0.2) is 0 Å². The molecule has 1 aromatic carbocycles. The number of phenolic OH excluding ortho intramolecular Hbond substituents is 1. The number of hydrogen-bond donors (Lipinski definition) is 3. The van der Waals surface area contributed by atoms with Crippen LogP contribution in [-0.4, -0.2) is 29.6 Å². The second-order valence-electron chi connectivity index (χ2n) is 5.58. The first kappa shape index (κ1) is 14.9. The van der Waals surface area contributed by atoms with Gasteiger partial charge in [-0.2, -0.15) is 0 Å². The molecule has 4 heteroatoms. The average Bonchev–Trinajstić information content (AvgIpc) is 2.41. The Balaban J connectivity index is 1.89. The van der Waals surface area contributed by atoms with Crippen molar-refractivity contribution >= 4 is 5.91 Å². The maximum atomic E-state index is 12.2. The van der Waals surface area contributed by atoms with E-state index in [4.69, 9.17) is 0 Å². The van der Waals surface area contributed by atoms with E-state index in [0.717, 1.165) is 37.8 Å². The van der Waals surface area contributed by atoms with Crippen LogP contribution in [0.2, 0.25) is 0 Å². The molecule has 0 heterocycles. The Morgan fingerprint density at radius 2 is 1.90 bits per heavy atom. The van der Waals surface area contributed by atoms with Crippen LogP contribution >= 0.6 is 0 Å². The minimum absolute atomic E-state index is 0.0330. The molecule has 1 amide bonds. The Kier molecular flexibility index (Phi) is 5.01. The summed E-state index contributed by atoms with van der Waals surface area (Å²) in [7, 11) is 0. The maximum absolute atomic E-state index is 12.2. The van der Waals surface area contributed by atoms with Gasteiger partial charge in [0.05, 0.1) is 0 Å². The molecule has 110 valence electrons. The van der Waals surface area contributed by atoms with Gasteiger partial charge in [-0.05, 0) is 62.9 Å². The molecule has 0 bridgehead atoms. The van der Waals surface area contributed by atoms with Crippen LogP contribution < -0.4 is 10.6 Å². The Morgan fingerprint density at radius 1 is 1.25 bits per heavy atom. The predicted molar refractivity (Wildman–Crippen MR) is 80.0 cm³/mol. The number of nitrogens with one attached hydrogen (secondary N) is 2. The van der Waals surface area contributed by atoms with Crippen molar-refractivity contribution in [1.82, 2.24) is 10.6 Å². The molecule has 1 fully saturated rings. The van der Waals surface area contributed by atoms with Crippen LogP contribution in [0.15, 0.2) is 18.2 Å². The molecule has 1 aliphatic rings. The van der Waals surface area contributed by atoms with Crippen LogP contribution in [0.4, 0.5) is 0 Å². The Hall–Kier alpha value is -1.55. The molecule has 2 rings (SSSR count). The summed E-state index contributed by atoms with van der Waals surface area (Å²) in [6.07, 6.45) is 4.29. The van der Waals surface area contributed by atoms with Gasteiger partial charge in [0.2, 0.25) is 0 Å². The lowest BCUT2D eigenvalue weighted by Gasteiger charge is -2.29. The highest BCUT2D eigenvalue weighted by atomic mass is 16.3. The average molecular weight is 276 g/mol. The maximum Gasteiger partial charge on any atom is 0.251 e. The topological polar surface area (TPSA) is 61.4 Å². The summed E-state index contributed by atoms with van der Waals surface area (Å²) in [5.74, 6) is 0.166. The fraction of sp³-hybridized carbons (Fsp3) is 0.562. The first-order chi connectivity index (χ1) is 9.60. The minimum atomic E-state index is -0.0330. The number of aromatic hydroxyl groups is 1. The second kappa shape index (κ2) is 6.75. The molecular formula is C16H24N2O2. The van der Waals surface area contributed by atoms with Crippen LogP contribution in [0, 0.1) is 6.92 Å². The lowest BCUT2D eigenvalue weighted by molar-refractivity contribution is 0.0923. The van der Waals surface area contributed by atoms with E-state index >= 15 is 0 Å². The van der Waals surface area contributed by atoms with Crippen LogP contribution in [0.3, 0.4) is 0 Å². The molecular weight excluding hydrogens is 252 g/mol. The predicted octanol–water partition coefficient (Wildman–Crippen LogP) is 2.35. The smallest absolute Gasteiger partial charge is 0.251 e. The standard InChI is InChI=1S/C16H24N2O2/c1-3-17-12-4-6-13(7-5-12)18-16(20)15-9-8-14(19)10-11(15)2/h8-10,12-13,17,19H,3-7H2,1-2H3,(H,18,20). The van der Waals surface area contributed by atoms with Gasteiger partial charge in [0.1, 0.15) is 5.75 Å². The highest BCUT2D eigenvalue weighted by molar-refractivity contribution is 5.95. The van der Waals surface area contributed by atoms with Gasteiger partial charge in [0, 0.05) is 17.6 Å². The number of aryl methyl sites for hydroxylation is 1. The monoisotopic (exact) mass is 276 g/mol. The van der Waals surface area contributed by atoms with Gasteiger partial charge >= 0.3 is 0 Å². The van der Waals surface area contributed by atoms with Gasteiger partial charge in [-0.3, -0.25) is 4.79 Å². The van der Waals surface area contributed by atoms with Gasteiger partial charge < -0.3 is 15.7 Å². The van der Waals surface area contributed by atoms with Crippen molar-refractivity contribution in [1.29, 1.82) is 0 Å². The van der Waals surface area contributed by atoms with E-state index in [0.29, 0.717) is 11.6 Å². The van der Waals surface area contributed by atoms with E-state index in [-0.39, 0.29) is 17.7 Å². The van der Waals surface area contributed by atoms with Crippen molar-refractivity contribution < 1.29 is 9.90 Å². The summed E-state index contributed by atoms with van der Waals surface area (Å²) in [6.45, 7) is 4.98. The van der Waals surface area contributed by atoms with E-state index in [2.05, 4.69) is 17.6 Å². The zero-order valence-electron chi connectivity index (χ0n) is 12.3. The third kappa shape index (κ3) is 3.73. The highest BCUT2D eigenvalue weighted by Gasteiger charge is 2.22. The lowest BCUT2D eigenvalue weighted by atomic mass is 9.91. The third-order valence-electron chi connectivity index (χ3n) is 4.01. The van der Waals surface area contributed by atoms with E-state index < -0.39 is 0 Å². The van der Waals surface area contributed by atoms with Gasteiger partial charge in [0.15, 0.2) is 0 Å². The molecule has 1 saturated carbocycles. The molecule has 0 unspecified atom stereocenters. The Labute approximate surface area is 120 Å². The second-order valence-corrected chi connectivity index (χ2v) is 5.58. The first-order valence-corrected chi connectivity index (χ1v) is 7.44. The van der Waals surface area contributed by atoms with Crippen molar-refractivity contribution in [3.63, 3.8) is 0 Å². The SMILES string of the molecule is CCNC1CCC(NC(=O)c2ccc(O)cc2C)CC1. The molecule has 0 radical (unpaired) electrons. The lowest BCUT2D eigenvalue weighted by Crippen LogP contribution is -2.42. The summed E-state index contributed by atoms with van der Waals surface area (Å²) in [5.41, 5.74) is 1.46. The number of carbonyl (C=O) groups is 1. The van der Waals surface area contributed by atoms with Crippen molar-refractivity contribution in [3.05, 3.63) is 29.3 Å². The molecule has 1 aromatic rings. The molecule has 0 aromatic heterocycles. The largest absolute Gasteiger partial charge is 0.508 e. The van der Waals surface area contributed by atoms with Gasteiger partial charge in [-0.1, -0.05) is 6.92 Å². The number of hydrogen-bond acceptors (Lipinski definition) is 3. The van der Waals surface area contributed by atoms with Crippen LogP contribution in [0.5, 0.6) is 5.75 Å². The summed E-state index contributed by atoms with van der Waals surface area (Å²) < 4.78 is 0. The molecule has 20 heavy (non-hydrogen) atoms. The van der Waals surface area contributed by atoms with Crippen molar-refractivity contribution in [3.8, 4) is 5.75 Å². The number of benzene rings is 1. The molecule has 0 spiro atoms. The summed E-state index contributed by atoms with van der Waals surface area (Å²) in [4.78, 5) is 12.2. The minimum Gasteiger partial charge on any atom is -0.508 e. The number of rotatable bonds is 4. The highest BCUT2D eigenvalue weighted by Crippen LogP contribution is 2.20. The fourth-order valence-corrected chi connectivity index (χ4v) is 2.90. The van der Waals surface area contributed by atoms with E-state index in [1.165, 1.54) is 0 Å². The van der Waals surface area contributed by atoms with Crippen molar-refractivity contribution in [2.24, 2.45) is 0 Å². The van der Waals surface area contributed by atoms with Crippen LogP contribution in [0.25, 0.3) is 0 Å². The molecule has 0 atom stereocenters. The fourth-order valence-electron chi connectivity index (χ4n) is 2.90. The Morgan fingerprint density at radius 3 is 2.50 bits per heavy atom. The van der Waals surface area contributed by atoms with Crippen molar-refractivity contribution in [2.75, 3.05) is 6.54 Å². The quantitative estimate of drug-likeness (QED) is 0.791. The normalized spacial score (nSPS) is 22.5. The van der Waals surface area contributed by atoms with Gasteiger partial charge in [0.25, 0.3) is 5.91 Å². The van der Waals surface area contributed by atoms with E-state index in [9.17, 15) is 9.90 Å². The first-order valence-electron chi connectivity index (χ1n) is 7.44.